The summed E-state index contributed by atoms with van der Waals surface area (Å²) in [6, 6.07) is 10.5. The molecule has 34 heteroatoms. The molecule has 8 amide bonds. The van der Waals surface area contributed by atoms with Crippen LogP contribution in [0.25, 0.3) is 0 Å². The SMILES string of the molecule is CC(C)[C@H](CC(=O)CCN(CCOCCS(=O)(=O)O)C(=O)CN1C(=O)C=CC1=O)C(=O)N[C@@H](C)C(=O)Cc1ccc(COC(=O)C(C)(C)C)cc1.COCCN(CCC(=O)C[C@H](C(=O)N[C@@H](C)C(=O)Cc1ccc(COC(=O)C(C)(C)C)c(CC[C@@H]2OC[C@@H](O)[C@H](O)[C@H]2O)c1)C(C)C)C(=O)CN1C(=O)C=CC1=O.O=C=O. The number of Topliss-reactive ketones (excluding diaryl/α,β-unsaturated/α-hetero) is 4. The van der Waals surface area contributed by atoms with Crippen molar-refractivity contribution in [2.75, 3.05) is 78.6 Å². The molecule has 0 spiro atoms. The largest absolute Gasteiger partial charge is 0.460 e. The van der Waals surface area contributed by atoms with E-state index in [1.165, 1.54) is 16.9 Å². The van der Waals surface area contributed by atoms with Crippen molar-refractivity contribution in [3.8, 4) is 0 Å². The summed E-state index contributed by atoms with van der Waals surface area (Å²) < 4.78 is 57.4. The van der Waals surface area contributed by atoms with Crippen LogP contribution in [-0.2, 0) is 143 Å². The summed E-state index contributed by atoms with van der Waals surface area (Å²) in [5.74, 6) is -9.30. The minimum absolute atomic E-state index is 0.00879. The number of ketones is 4. The first-order valence-electron chi connectivity index (χ1n) is 36.3. The number of ether oxygens (including phenoxy) is 5. The van der Waals surface area contributed by atoms with E-state index in [-0.39, 0.29) is 158 Å². The molecule has 33 nitrogen and oxygen atoms in total. The average molecular weight is 1580 g/mol. The number of carbonyl (C=O) groups is 14. The van der Waals surface area contributed by atoms with Gasteiger partial charge in [-0.05, 0) is 108 Å². The maximum Gasteiger partial charge on any atom is 0.373 e. The molecular weight excluding hydrogens is 1470 g/mol. The Balaban J connectivity index is 0.000000559. The molecule has 0 bridgehead atoms. The molecule has 3 heterocycles. The molecule has 1 fully saturated rings. The van der Waals surface area contributed by atoms with Crippen LogP contribution in [0.1, 0.15) is 143 Å². The fourth-order valence-electron chi connectivity index (χ4n) is 11.1. The van der Waals surface area contributed by atoms with Crippen molar-refractivity contribution < 1.29 is 129 Å². The standard InChI is InChI=1S/C41H59N3O13.C35H49N3O12S.CO2/c1-24(2)30(20-29(45)14-15-43(16-17-55-7)36(50)21-44-34(48)12-13-35(44)49)39(53)42-25(3)31(46)19-26-8-9-28(22-57-40(54)41(4,5)6)27(18-26)10-11-33-38(52)37(51)32(47)23-56-33;1-23(2)28(33(44)36-24(3)29(40)19-25-7-9-26(10-8-25)22-50-34(45)35(4,5)6)20-27(39)13-14-37(15-16-49-17-18-51(46,47)48)32(43)21-38-30(41)11-12-31(38)42;2-1-3/h8-9,12-13,18,24-25,30,32-33,37-38,47,51-52H,10-11,14-17,19-23H2,1-7H3,(H,42,53);7-12,23-24,28H,13-22H2,1-6H3,(H,36,44)(H,46,47,48);/t25-,30-,32+,33-,37-,38-;24-,28-;/m00./s1. The minimum atomic E-state index is -4.26. The lowest BCUT2D eigenvalue weighted by molar-refractivity contribution is -0.192. The molecule has 2 aromatic carbocycles. The van der Waals surface area contributed by atoms with E-state index < -0.39 is 141 Å². The van der Waals surface area contributed by atoms with Crippen LogP contribution in [0.2, 0.25) is 0 Å². The first-order valence-corrected chi connectivity index (χ1v) is 38.0. The van der Waals surface area contributed by atoms with Gasteiger partial charge < -0.3 is 59.4 Å². The number of rotatable bonds is 42. The highest BCUT2D eigenvalue weighted by atomic mass is 32.2. The second-order valence-electron chi connectivity index (χ2n) is 29.9. The number of aryl methyl sites for hydroxylation is 1. The molecule has 8 atom stereocenters. The summed E-state index contributed by atoms with van der Waals surface area (Å²) in [5, 5.41) is 35.9. The summed E-state index contributed by atoms with van der Waals surface area (Å²) in [5.41, 5.74) is 2.16. The number of hydrogen-bond acceptors (Lipinski definition) is 26. The maximum absolute atomic E-state index is 13.5. The predicted octanol–water partition coefficient (Wildman–Crippen LogP) is 1.92. The lowest BCUT2D eigenvalue weighted by atomic mass is 9.88. The number of carbonyl (C=O) groups excluding carboxylic acids is 16. The number of imide groups is 2. The highest BCUT2D eigenvalue weighted by Crippen LogP contribution is 2.26. The van der Waals surface area contributed by atoms with E-state index in [1.807, 2.05) is 0 Å². The zero-order valence-corrected chi connectivity index (χ0v) is 66.2. The van der Waals surface area contributed by atoms with Gasteiger partial charge in [-0.25, -0.2) is 0 Å². The Bertz CT molecular complexity index is 3780. The third-order valence-electron chi connectivity index (χ3n) is 18.1. The van der Waals surface area contributed by atoms with Gasteiger partial charge in [0.1, 0.15) is 56.2 Å². The molecule has 614 valence electrons. The van der Waals surface area contributed by atoms with Gasteiger partial charge in [0.05, 0.1) is 61.2 Å². The monoisotopic (exact) mass is 1580 g/mol. The summed E-state index contributed by atoms with van der Waals surface area (Å²) in [6.07, 6.45) is -0.129. The summed E-state index contributed by atoms with van der Waals surface area (Å²) in [7, 11) is -2.80. The topological polar surface area (TPSA) is 471 Å². The van der Waals surface area contributed by atoms with Gasteiger partial charge in [-0.15, -0.1) is 0 Å². The first kappa shape index (κ1) is 96.0. The molecule has 3 aliphatic rings. The van der Waals surface area contributed by atoms with Crippen LogP contribution in [0, 0.1) is 34.5 Å². The third kappa shape index (κ3) is 33.7. The van der Waals surface area contributed by atoms with Crippen molar-refractivity contribution in [2.45, 2.75) is 184 Å². The summed E-state index contributed by atoms with van der Waals surface area (Å²) >= 11 is 0. The van der Waals surface area contributed by atoms with Gasteiger partial charge in [0.25, 0.3) is 33.7 Å². The van der Waals surface area contributed by atoms with Crippen LogP contribution in [0.5, 0.6) is 0 Å². The zero-order chi connectivity index (χ0) is 83.8. The van der Waals surface area contributed by atoms with Crippen LogP contribution in [-0.4, -0.2) is 251 Å². The van der Waals surface area contributed by atoms with E-state index in [9.17, 15) is 90.9 Å². The molecule has 1 saturated heterocycles. The molecule has 6 N–H and O–H groups in total. The Morgan fingerprint density at radius 3 is 1.42 bits per heavy atom. The molecule has 111 heavy (non-hydrogen) atoms. The smallest absolute Gasteiger partial charge is 0.373 e. The van der Waals surface area contributed by atoms with Crippen molar-refractivity contribution in [3.05, 3.63) is 94.6 Å². The Kier molecular flexibility index (Phi) is 39.7. The van der Waals surface area contributed by atoms with Gasteiger partial charge >= 0.3 is 18.1 Å². The lowest BCUT2D eigenvalue weighted by Gasteiger charge is -2.35. The maximum atomic E-state index is 13.5. The van der Waals surface area contributed by atoms with Gasteiger partial charge in [-0.3, -0.25) is 81.5 Å². The predicted molar refractivity (Wildman–Crippen MR) is 394 cm³/mol. The van der Waals surface area contributed by atoms with Crippen molar-refractivity contribution in [3.63, 3.8) is 0 Å². The lowest BCUT2D eigenvalue weighted by Crippen LogP contribution is -2.52. The Hall–Kier alpha value is -9.25. The van der Waals surface area contributed by atoms with Crippen molar-refractivity contribution in [1.82, 2.24) is 30.2 Å². The van der Waals surface area contributed by atoms with Crippen LogP contribution < -0.4 is 10.6 Å². The second kappa shape index (κ2) is 45.9. The number of nitrogens with zero attached hydrogens (tertiary/aromatic N) is 4. The van der Waals surface area contributed by atoms with Crippen LogP contribution in [0.15, 0.2) is 66.8 Å². The van der Waals surface area contributed by atoms with E-state index >= 15 is 0 Å². The van der Waals surface area contributed by atoms with Gasteiger partial charge in [0, 0.05) is 108 Å². The van der Waals surface area contributed by atoms with Gasteiger partial charge in [0.2, 0.25) is 23.6 Å². The van der Waals surface area contributed by atoms with E-state index in [2.05, 4.69) is 10.6 Å². The molecular formula is C77H108N6O27S. The van der Waals surface area contributed by atoms with Crippen molar-refractivity contribution >= 4 is 98.6 Å². The van der Waals surface area contributed by atoms with Crippen LogP contribution >= 0.6 is 0 Å². The van der Waals surface area contributed by atoms with Gasteiger partial charge in [0.15, 0.2) is 11.6 Å². The van der Waals surface area contributed by atoms with Crippen molar-refractivity contribution in [1.29, 1.82) is 0 Å². The molecule has 2 aromatic rings. The molecule has 0 aromatic heterocycles. The minimum Gasteiger partial charge on any atom is -0.460 e. The Morgan fingerprint density at radius 2 is 1.00 bits per heavy atom. The Morgan fingerprint density at radius 1 is 0.586 bits per heavy atom. The van der Waals surface area contributed by atoms with Crippen LogP contribution in [0.4, 0.5) is 0 Å². The second-order valence-corrected chi connectivity index (χ2v) is 31.5. The number of aliphatic hydroxyl groups excluding tert-OH is 3. The van der Waals surface area contributed by atoms with Crippen LogP contribution in [0.3, 0.4) is 0 Å². The third-order valence-corrected chi connectivity index (χ3v) is 18.8. The number of nitrogens with one attached hydrogen (secondary N) is 2. The zero-order valence-electron chi connectivity index (χ0n) is 65.3. The average Bonchev–Trinajstić information content (AvgIpc) is 1.79. The number of aliphatic hydroxyl groups is 3. The number of esters is 2. The highest BCUT2D eigenvalue weighted by Gasteiger charge is 2.38. The normalized spacial score (nSPS) is 17.3. The number of benzene rings is 2. The Labute approximate surface area is 646 Å². The number of methoxy groups -OCH3 is 1. The van der Waals surface area contributed by atoms with Gasteiger partial charge in [-0.1, -0.05) is 70.2 Å². The molecule has 3 aliphatic heterocycles. The van der Waals surface area contributed by atoms with E-state index in [0.717, 1.165) is 45.2 Å². The first-order chi connectivity index (χ1) is 51.8. The fraction of sp³-hybridized carbons (Fsp3) is 0.597. The van der Waals surface area contributed by atoms with E-state index in [1.54, 1.807) is 126 Å². The molecule has 0 aliphatic carbocycles. The molecule has 5 rings (SSSR count). The molecule has 0 radical (unpaired) electrons. The number of hydrogen-bond donors (Lipinski definition) is 6. The number of amides is 8. The molecule has 0 saturated carbocycles. The highest BCUT2D eigenvalue weighted by molar-refractivity contribution is 7.85. The summed E-state index contributed by atoms with van der Waals surface area (Å²) in [6.45, 7) is 19.2. The fourth-order valence-corrected chi connectivity index (χ4v) is 11.4. The quantitative estimate of drug-likeness (QED) is 0.0239. The summed E-state index contributed by atoms with van der Waals surface area (Å²) in [4.78, 5) is 198. The van der Waals surface area contributed by atoms with E-state index in [4.69, 9.17) is 37.8 Å². The molecule has 0 unspecified atom stereocenters. The van der Waals surface area contributed by atoms with Gasteiger partial charge in [-0.2, -0.15) is 18.0 Å². The van der Waals surface area contributed by atoms with E-state index in [0.29, 0.717) is 23.1 Å². The van der Waals surface area contributed by atoms with Crippen molar-refractivity contribution in [2.24, 2.45) is 34.5 Å².